The minimum absolute atomic E-state index is 0.138. The third kappa shape index (κ3) is 3.44. The van der Waals surface area contributed by atoms with Crippen LogP contribution in [0.4, 0.5) is 0 Å². The van der Waals surface area contributed by atoms with Crippen molar-refractivity contribution in [2.45, 2.75) is 31.7 Å². The van der Waals surface area contributed by atoms with Crippen LogP contribution < -0.4 is 4.72 Å². The van der Waals surface area contributed by atoms with Crippen LogP contribution in [-0.2, 0) is 11.0 Å². The Kier molecular flexibility index (Phi) is 4.66. The standard InChI is InChI=1S/C12H16N2OS/c1-9(2)12(8-13)14-16(15)11-6-4-10(3)5-7-11/h4-7,9,12,14H,1-3H3/t12-,16?/m0/s1. The topological polar surface area (TPSA) is 52.9 Å². The zero-order valence-electron chi connectivity index (χ0n) is 9.73. The van der Waals surface area contributed by atoms with Gasteiger partial charge < -0.3 is 0 Å². The second-order valence-electron chi connectivity index (χ2n) is 4.05. The van der Waals surface area contributed by atoms with E-state index in [2.05, 4.69) is 10.8 Å². The first kappa shape index (κ1) is 12.9. The first-order valence-corrected chi connectivity index (χ1v) is 6.34. The summed E-state index contributed by atoms with van der Waals surface area (Å²) in [6.45, 7) is 5.83. The van der Waals surface area contributed by atoms with E-state index in [1.807, 2.05) is 45.0 Å². The van der Waals surface area contributed by atoms with Gasteiger partial charge in [-0.15, -0.1) is 0 Å². The minimum atomic E-state index is -1.31. The molecule has 0 spiro atoms. The lowest BCUT2D eigenvalue weighted by Gasteiger charge is -2.14. The van der Waals surface area contributed by atoms with Gasteiger partial charge in [0.15, 0.2) is 0 Å². The average Bonchev–Trinajstić information content (AvgIpc) is 2.26. The molecule has 86 valence electrons. The molecule has 1 unspecified atom stereocenters. The van der Waals surface area contributed by atoms with Gasteiger partial charge >= 0.3 is 0 Å². The van der Waals surface area contributed by atoms with Crippen LogP contribution in [0.2, 0.25) is 0 Å². The lowest BCUT2D eigenvalue weighted by molar-refractivity contribution is 0.541. The molecule has 4 heteroatoms. The first-order valence-electron chi connectivity index (χ1n) is 5.19. The Hall–Kier alpha value is -1.18. The van der Waals surface area contributed by atoms with Crippen LogP contribution in [0.15, 0.2) is 29.2 Å². The summed E-state index contributed by atoms with van der Waals surface area (Å²) in [6, 6.07) is 9.16. The third-order valence-electron chi connectivity index (χ3n) is 2.27. The molecule has 0 saturated heterocycles. The van der Waals surface area contributed by atoms with Crippen LogP contribution in [0, 0.1) is 24.2 Å². The van der Waals surface area contributed by atoms with Crippen LogP contribution >= 0.6 is 0 Å². The first-order chi connectivity index (χ1) is 7.54. The Morgan fingerprint density at radius 1 is 1.31 bits per heavy atom. The molecule has 2 atom stereocenters. The Morgan fingerprint density at radius 3 is 2.31 bits per heavy atom. The van der Waals surface area contributed by atoms with Crippen molar-refractivity contribution in [3.63, 3.8) is 0 Å². The summed E-state index contributed by atoms with van der Waals surface area (Å²) < 4.78 is 14.7. The van der Waals surface area contributed by atoms with E-state index in [1.54, 1.807) is 0 Å². The van der Waals surface area contributed by atoms with Crippen molar-refractivity contribution in [3.05, 3.63) is 29.8 Å². The molecule has 0 aromatic heterocycles. The number of nitrogens with zero attached hydrogens (tertiary/aromatic N) is 1. The monoisotopic (exact) mass is 236 g/mol. The maximum atomic E-state index is 11.9. The lowest BCUT2D eigenvalue weighted by atomic mass is 10.1. The molecule has 3 nitrogen and oxygen atoms in total. The van der Waals surface area contributed by atoms with Crippen molar-refractivity contribution < 1.29 is 4.21 Å². The van der Waals surface area contributed by atoms with Crippen molar-refractivity contribution in [1.82, 2.24) is 4.72 Å². The van der Waals surface area contributed by atoms with E-state index in [9.17, 15) is 4.21 Å². The number of nitrogens with one attached hydrogen (secondary N) is 1. The maximum Gasteiger partial charge on any atom is 0.126 e. The fourth-order valence-electron chi connectivity index (χ4n) is 1.16. The van der Waals surface area contributed by atoms with Gasteiger partial charge in [-0.2, -0.15) is 5.26 Å². The average molecular weight is 236 g/mol. The van der Waals surface area contributed by atoms with Gasteiger partial charge in [0, 0.05) is 0 Å². The molecule has 0 amide bonds. The van der Waals surface area contributed by atoms with Gasteiger partial charge in [0.2, 0.25) is 0 Å². The van der Waals surface area contributed by atoms with E-state index >= 15 is 0 Å². The zero-order valence-corrected chi connectivity index (χ0v) is 10.5. The molecule has 0 saturated carbocycles. The Labute approximate surface area is 99.1 Å². The molecule has 1 N–H and O–H groups in total. The molecule has 1 aromatic carbocycles. The summed E-state index contributed by atoms with van der Waals surface area (Å²) in [5.41, 5.74) is 1.13. The molecule has 0 aliphatic heterocycles. The number of benzene rings is 1. The van der Waals surface area contributed by atoms with Gasteiger partial charge in [-0.05, 0) is 25.0 Å². The van der Waals surface area contributed by atoms with Crippen LogP contribution in [0.5, 0.6) is 0 Å². The highest BCUT2D eigenvalue weighted by molar-refractivity contribution is 7.83. The van der Waals surface area contributed by atoms with E-state index in [-0.39, 0.29) is 12.0 Å². The van der Waals surface area contributed by atoms with E-state index < -0.39 is 11.0 Å². The molecule has 0 radical (unpaired) electrons. The third-order valence-corrected chi connectivity index (χ3v) is 3.44. The highest BCUT2D eigenvalue weighted by Gasteiger charge is 2.15. The largest absolute Gasteiger partial charge is 0.237 e. The van der Waals surface area contributed by atoms with E-state index in [0.717, 1.165) is 5.56 Å². The predicted molar refractivity (Wildman–Crippen MR) is 65.0 cm³/mol. The summed E-state index contributed by atoms with van der Waals surface area (Å²) in [5, 5.41) is 8.89. The smallest absolute Gasteiger partial charge is 0.126 e. The number of aryl methyl sites for hydroxylation is 1. The predicted octanol–water partition coefficient (Wildman–Crippen LogP) is 2.16. The summed E-state index contributed by atoms with van der Waals surface area (Å²) in [5.74, 6) is 0.138. The molecule has 1 rings (SSSR count). The van der Waals surface area contributed by atoms with Crippen LogP contribution in [0.25, 0.3) is 0 Å². The van der Waals surface area contributed by atoms with Crippen molar-refractivity contribution in [1.29, 1.82) is 5.26 Å². The van der Waals surface area contributed by atoms with Crippen LogP contribution in [-0.4, -0.2) is 10.3 Å². The summed E-state index contributed by atoms with van der Waals surface area (Å²) in [7, 11) is -1.31. The zero-order chi connectivity index (χ0) is 12.1. The van der Waals surface area contributed by atoms with Gasteiger partial charge in [0.1, 0.15) is 17.0 Å². The molecule has 0 aliphatic carbocycles. The number of rotatable bonds is 4. The number of hydrogen-bond donors (Lipinski definition) is 1. The number of hydrogen-bond acceptors (Lipinski definition) is 2. The summed E-state index contributed by atoms with van der Waals surface area (Å²) in [4.78, 5) is 0.700. The van der Waals surface area contributed by atoms with E-state index in [1.165, 1.54) is 0 Å². The molecule has 1 aromatic rings. The van der Waals surface area contributed by atoms with Gasteiger partial charge in [-0.3, -0.25) is 0 Å². The normalized spacial score (nSPS) is 14.4. The Bertz CT molecular complexity index is 406. The fraction of sp³-hybridized carbons (Fsp3) is 0.417. The van der Waals surface area contributed by atoms with Crippen molar-refractivity contribution >= 4 is 11.0 Å². The summed E-state index contributed by atoms with van der Waals surface area (Å²) >= 11 is 0. The molecular weight excluding hydrogens is 220 g/mol. The molecule has 0 aliphatic rings. The van der Waals surface area contributed by atoms with Crippen LogP contribution in [0.3, 0.4) is 0 Å². The lowest BCUT2D eigenvalue weighted by Crippen LogP contribution is -2.33. The van der Waals surface area contributed by atoms with Gasteiger partial charge in [-0.1, -0.05) is 31.5 Å². The highest BCUT2D eigenvalue weighted by Crippen LogP contribution is 2.09. The van der Waals surface area contributed by atoms with Gasteiger partial charge in [0.25, 0.3) is 0 Å². The summed E-state index contributed by atoms with van der Waals surface area (Å²) in [6.07, 6.45) is 0. The second-order valence-corrected chi connectivity index (χ2v) is 5.29. The molecule has 0 fully saturated rings. The maximum absolute atomic E-state index is 11.9. The Morgan fingerprint density at radius 2 is 1.88 bits per heavy atom. The fourth-order valence-corrected chi connectivity index (χ4v) is 2.23. The van der Waals surface area contributed by atoms with E-state index in [4.69, 9.17) is 5.26 Å². The van der Waals surface area contributed by atoms with Crippen molar-refractivity contribution in [2.75, 3.05) is 0 Å². The van der Waals surface area contributed by atoms with Crippen LogP contribution in [0.1, 0.15) is 19.4 Å². The molecule has 0 heterocycles. The molecule has 0 bridgehead atoms. The molecular formula is C12H16N2OS. The van der Waals surface area contributed by atoms with Crippen molar-refractivity contribution in [2.24, 2.45) is 5.92 Å². The highest BCUT2D eigenvalue weighted by atomic mass is 32.2. The van der Waals surface area contributed by atoms with Gasteiger partial charge in [-0.25, -0.2) is 8.93 Å². The quantitative estimate of drug-likeness (QED) is 0.871. The van der Waals surface area contributed by atoms with Gasteiger partial charge in [0.05, 0.1) is 11.0 Å². The molecule has 16 heavy (non-hydrogen) atoms. The van der Waals surface area contributed by atoms with E-state index in [0.29, 0.717) is 4.90 Å². The number of nitriles is 1. The van der Waals surface area contributed by atoms with Crippen molar-refractivity contribution in [3.8, 4) is 6.07 Å². The second kappa shape index (κ2) is 5.78. The minimum Gasteiger partial charge on any atom is -0.237 e. The SMILES string of the molecule is Cc1ccc(S(=O)N[C@@H](C#N)C(C)C)cc1. The Balaban J connectivity index is 2.73.